The van der Waals surface area contributed by atoms with E-state index in [0.717, 1.165) is 6.42 Å². The topological polar surface area (TPSA) is 72.5 Å². The maximum Gasteiger partial charge on any atom is 0.332 e. The molecule has 4 nitrogen and oxygen atoms in total. The monoisotopic (exact) mass is 145 g/mol. The van der Waals surface area contributed by atoms with E-state index in [1.54, 1.807) is 0 Å². The van der Waals surface area contributed by atoms with Crippen molar-refractivity contribution in [1.29, 1.82) is 0 Å². The van der Waals surface area contributed by atoms with Crippen LogP contribution in [-0.4, -0.2) is 29.8 Å². The fraction of sp³-hybridized carbons (Fsp3) is 0.833. The number of ether oxygens (including phenoxy) is 1. The summed E-state index contributed by atoms with van der Waals surface area (Å²) >= 11 is 0. The Bertz CT molecular complexity index is 137. The summed E-state index contributed by atoms with van der Waals surface area (Å²) in [5.41, 5.74) is 5.52. The summed E-state index contributed by atoms with van der Waals surface area (Å²) in [6, 6.07) is -0.00477. The third-order valence-corrected chi connectivity index (χ3v) is 1.60. The molecule has 1 rings (SSSR count). The van der Waals surface area contributed by atoms with Crippen LogP contribution in [0, 0.1) is 0 Å². The fourth-order valence-corrected chi connectivity index (χ4v) is 0.995. The predicted octanol–water partition coefficient (Wildman–Crippen LogP) is -0.423. The maximum absolute atomic E-state index is 10.3. The fourth-order valence-electron chi connectivity index (χ4n) is 0.995. The second kappa shape index (κ2) is 2.98. The van der Waals surface area contributed by atoms with Gasteiger partial charge in [-0.1, -0.05) is 0 Å². The first-order valence-corrected chi connectivity index (χ1v) is 3.30. The Morgan fingerprint density at radius 1 is 1.70 bits per heavy atom. The van der Waals surface area contributed by atoms with E-state index in [4.69, 9.17) is 15.6 Å². The van der Waals surface area contributed by atoms with E-state index in [9.17, 15) is 4.79 Å². The SMILES string of the molecule is N[C@H]1CCO[C@@H](C(=O)O)C1. The lowest BCUT2D eigenvalue weighted by molar-refractivity contribution is -0.153. The molecule has 1 heterocycles. The van der Waals surface area contributed by atoms with E-state index in [-0.39, 0.29) is 6.04 Å². The molecule has 0 bridgehead atoms. The van der Waals surface area contributed by atoms with Gasteiger partial charge < -0.3 is 15.6 Å². The number of carboxylic acid groups (broad SMARTS) is 1. The zero-order chi connectivity index (χ0) is 7.56. The van der Waals surface area contributed by atoms with Crippen LogP contribution in [0.15, 0.2) is 0 Å². The zero-order valence-corrected chi connectivity index (χ0v) is 5.62. The van der Waals surface area contributed by atoms with Crippen LogP contribution >= 0.6 is 0 Å². The number of rotatable bonds is 1. The van der Waals surface area contributed by atoms with Crippen molar-refractivity contribution in [2.45, 2.75) is 25.0 Å². The number of carbonyl (C=O) groups is 1. The summed E-state index contributed by atoms with van der Waals surface area (Å²) < 4.78 is 4.93. The highest BCUT2D eigenvalue weighted by atomic mass is 16.5. The van der Waals surface area contributed by atoms with Gasteiger partial charge in [-0.15, -0.1) is 0 Å². The third kappa shape index (κ3) is 1.68. The normalized spacial score (nSPS) is 33.7. The van der Waals surface area contributed by atoms with Crippen LogP contribution in [0.3, 0.4) is 0 Å². The molecular weight excluding hydrogens is 134 g/mol. The number of carboxylic acids is 1. The number of hydrogen-bond donors (Lipinski definition) is 2. The lowest BCUT2D eigenvalue weighted by atomic mass is 10.0. The molecule has 0 aromatic carbocycles. The zero-order valence-electron chi connectivity index (χ0n) is 5.62. The highest BCUT2D eigenvalue weighted by Crippen LogP contribution is 2.11. The van der Waals surface area contributed by atoms with Gasteiger partial charge in [-0.3, -0.25) is 0 Å². The standard InChI is InChI=1S/C6H11NO3/c7-4-1-2-10-5(3-4)6(8)9/h4-5H,1-3,7H2,(H,8,9)/t4-,5+/m0/s1. The van der Waals surface area contributed by atoms with Gasteiger partial charge in [0.05, 0.1) is 0 Å². The highest BCUT2D eigenvalue weighted by Gasteiger charge is 2.25. The summed E-state index contributed by atoms with van der Waals surface area (Å²) in [5.74, 6) is -0.907. The van der Waals surface area contributed by atoms with Crippen LogP contribution in [0.25, 0.3) is 0 Å². The van der Waals surface area contributed by atoms with Gasteiger partial charge in [0.2, 0.25) is 0 Å². The summed E-state index contributed by atoms with van der Waals surface area (Å²) in [4.78, 5) is 10.3. The van der Waals surface area contributed by atoms with E-state index in [0.29, 0.717) is 13.0 Å². The molecule has 0 aromatic heterocycles. The summed E-state index contributed by atoms with van der Waals surface area (Å²) in [7, 11) is 0. The third-order valence-electron chi connectivity index (χ3n) is 1.60. The van der Waals surface area contributed by atoms with Crippen LogP contribution in [-0.2, 0) is 9.53 Å². The van der Waals surface area contributed by atoms with Gasteiger partial charge in [-0.05, 0) is 12.8 Å². The Morgan fingerprint density at radius 3 is 2.80 bits per heavy atom. The van der Waals surface area contributed by atoms with E-state index in [1.807, 2.05) is 0 Å². The van der Waals surface area contributed by atoms with Gasteiger partial charge in [0, 0.05) is 12.6 Å². The molecule has 2 atom stereocenters. The van der Waals surface area contributed by atoms with Crippen molar-refractivity contribution in [3.05, 3.63) is 0 Å². The smallest absolute Gasteiger partial charge is 0.332 e. The Kier molecular flexibility index (Phi) is 2.24. The Labute approximate surface area is 59.0 Å². The largest absolute Gasteiger partial charge is 0.479 e. The van der Waals surface area contributed by atoms with Gasteiger partial charge in [0.1, 0.15) is 0 Å². The van der Waals surface area contributed by atoms with Gasteiger partial charge in [-0.25, -0.2) is 4.79 Å². The molecule has 4 heteroatoms. The molecule has 1 aliphatic heterocycles. The van der Waals surface area contributed by atoms with Crippen LogP contribution in [0.4, 0.5) is 0 Å². The average molecular weight is 145 g/mol. The molecule has 3 N–H and O–H groups in total. The van der Waals surface area contributed by atoms with Crippen LogP contribution in [0.2, 0.25) is 0 Å². The number of aliphatic carboxylic acids is 1. The van der Waals surface area contributed by atoms with Gasteiger partial charge in [0.25, 0.3) is 0 Å². The maximum atomic E-state index is 10.3. The molecule has 58 valence electrons. The first-order valence-electron chi connectivity index (χ1n) is 3.30. The predicted molar refractivity (Wildman–Crippen MR) is 34.6 cm³/mol. The molecule has 10 heavy (non-hydrogen) atoms. The Morgan fingerprint density at radius 2 is 2.40 bits per heavy atom. The quantitative estimate of drug-likeness (QED) is 0.525. The lowest BCUT2D eigenvalue weighted by Crippen LogP contribution is -2.38. The molecular formula is C6H11NO3. The summed E-state index contributed by atoms with van der Waals surface area (Å²) in [5, 5.41) is 8.48. The van der Waals surface area contributed by atoms with E-state index in [1.165, 1.54) is 0 Å². The molecule has 0 radical (unpaired) electrons. The molecule has 1 aliphatic rings. The summed E-state index contributed by atoms with van der Waals surface area (Å²) in [6.07, 6.45) is 0.530. The molecule has 1 fully saturated rings. The van der Waals surface area contributed by atoms with Crippen molar-refractivity contribution in [1.82, 2.24) is 0 Å². The molecule has 0 spiro atoms. The first kappa shape index (κ1) is 7.50. The molecule has 0 aromatic rings. The summed E-state index contributed by atoms with van der Waals surface area (Å²) in [6.45, 7) is 0.470. The minimum atomic E-state index is -0.907. The van der Waals surface area contributed by atoms with Crippen LogP contribution < -0.4 is 5.73 Å². The minimum Gasteiger partial charge on any atom is -0.479 e. The van der Waals surface area contributed by atoms with Crippen molar-refractivity contribution < 1.29 is 14.6 Å². The number of nitrogens with two attached hydrogens (primary N) is 1. The molecule has 0 aliphatic carbocycles. The second-order valence-electron chi connectivity index (χ2n) is 2.48. The van der Waals surface area contributed by atoms with Crippen molar-refractivity contribution in [2.24, 2.45) is 5.73 Å². The first-order chi connectivity index (χ1) is 4.70. The minimum absolute atomic E-state index is 0.00477. The van der Waals surface area contributed by atoms with E-state index >= 15 is 0 Å². The molecule has 0 saturated carbocycles. The van der Waals surface area contributed by atoms with Crippen molar-refractivity contribution in [2.75, 3.05) is 6.61 Å². The Balaban J connectivity index is 2.39. The van der Waals surface area contributed by atoms with Gasteiger partial charge in [0.15, 0.2) is 6.10 Å². The molecule has 0 unspecified atom stereocenters. The van der Waals surface area contributed by atoms with Crippen molar-refractivity contribution in [3.8, 4) is 0 Å². The lowest BCUT2D eigenvalue weighted by Gasteiger charge is -2.23. The van der Waals surface area contributed by atoms with Gasteiger partial charge >= 0.3 is 5.97 Å². The average Bonchev–Trinajstić information content (AvgIpc) is 1.88. The van der Waals surface area contributed by atoms with E-state index in [2.05, 4.69) is 0 Å². The van der Waals surface area contributed by atoms with Crippen LogP contribution in [0.5, 0.6) is 0 Å². The molecule has 1 saturated heterocycles. The Hall–Kier alpha value is -0.610. The van der Waals surface area contributed by atoms with Gasteiger partial charge in [-0.2, -0.15) is 0 Å². The molecule has 0 amide bonds. The van der Waals surface area contributed by atoms with Crippen molar-refractivity contribution >= 4 is 5.97 Å². The van der Waals surface area contributed by atoms with Crippen molar-refractivity contribution in [3.63, 3.8) is 0 Å². The second-order valence-corrected chi connectivity index (χ2v) is 2.48. The van der Waals surface area contributed by atoms with E-state index < -0.39 is 12.1 Å². The van der Waals surface area contributed by atoms with Crippen LogP contribution in [0.1, 0.15) is 12.8 Å². The number of hydrogen-bond acceptors (Lipinski definition) is 3. The highest BCUT2D eigenvalue weighted by molar-refractivity contribution is 5.72.